The summed E-state index contributed by atoms with van der Waals surface area (Å²) in [6, 6.07) is 3.89. The summed E-state index contributed by atoms with van der Waals surface area (Å²) in [5.74, 6) is 3.93. The molecule has 0 radical (unpaired) electrons. The second-order valence-electron chi connectivity index (χ2n) is 6.69. The van der Waals surface area contributed by atoms with Crippen molar-refractivity contribution in [2.75, 3.05) is 19.6 Å². The van der Waals surface area contributed by atoms with Gasteiger partial charge in [0.15, 0.2) is 5.82 Å². The van der Waals surface area contributed by atoms with E-state index in [-0.39, 0.29) is 0 Å². The van der Waals surface area contributed by atoms with E-state index in [1.54, 1.807) is 6.26 Å². The fourth-order valence-corrected chi connectivity index (χ4v) is 3.18. The molecule has 2 aromatic rings. The maximum Gasteiger partial charge on any atom is 0.229 e. The number of hydrogen-bond acceptors (Lipinski definition) is 5. The molecule has 0 unspecified atom stereocenters. The number of aromatic nitrogens is 2. The zero-order valence-electron chi connectivity index (χ0n) is 13.4. The van der Waals surface area contributed by atoms with Crippen molar-refractivity contribution in [1.29, 1.82) is 0 Å². The zero-order valence-corrected chi connectivity index (χ0v) is 13.4. The van der Waals surface area contributed by atoms with Gasteiger partial charge in [0.05, 0.1) is 6.26 Å². The molecule has 5 nitrogen and oxygen atoms in total. The zero-order chi connectivity index (χ0) is 15.5. The topological polar surface area (TPSA) is 55.3 Å². The fraction of sp³-hybridized carbons (Fsp3) is 0.556. The van der Waals surface area contributed by atoms with Crippen LogP contribution in [0, 0.1) is 5.92 Å². The van der Waals surface area contributed by atoms with Crippen molar-refractivity contribution in [3.05, 3.63) is 41.9 Å². The van der Waals surface area contributed by atoms with Crippen molar-refractivity contribution < 1.29 is 8.94 Å². The Bertz CT molecular complexity index is 635. The predicted octanol–water partition coefficient (Wildman–Crippen LogP) is 3.51. The van der Waals surface area contributed by atoms with Crippen LogP contribution in [0.1, 0.15) is 49.1 Å². The highest BCUT2D eigenvalue weighted by Gasteiger charge is 2.30. The first-order valence-corrected chi connectivity index (χ1v) is 8.62. The third-order valence-electron chi connectivity index (χ3n) is 4.78. The summed E-state index contributed by atoms with van der Waals surface area (Å²) in [4.78, 5) is 7.04. The number of likely N-dealkylation sites (tertiary alicyclic amines) is 1. The highest BCUT2D eigenvalue weighted by atomic mass is 16.5. The largest absolute Gasteiger partial charge is 0.465 e. The summed E-state index contributed by atoms with van der Waals surface area (Å²) in [5, 5.41) is 4.15. The average Bonchev–Trinajstić information content (AvgIpc) is 3.09. The molecule has 1 saturated carbocycles. The first-order valence-electron chi connectivity index (χ1n) is 8.62. The maximum absolute atomic E-state index is 5.35. The molecule has 1 saturated heterocycles. The molecule has 0 N–H and O–H groups in total. The van der Waals surface area contributed by atoms with Gasteiger partial charge in [0.2, 0.25) is 5.89 Å². The molecule has 0 bridgehead atoms. The molecule has 0 aromatic carbocycles. The van der Waals surface area contributed by atoms with Gasteiger partial charge >= 0.3 is 0 Å². The van der Waals surface area contributed by atoms with Crippen LogP contribution in [-0.2, 0) is 6.42 Å². The molecule has 0 atom stereocenters. The smallest absolute Gasteiger partial charge is 0.229 e. The summed E-state index contributed by atoms with van der Waals surface area (Å²) >= 11 is 0. The monoisotopic (exact) mass is 313 g/mol. The van der Waals surface area contributed by atoms with Crippen LogP contribution in [0.5, 0.6) is 0 Å². The molecule has 0 amide bonds. The predicted molar refractivity (Wildman–Crippen MR) is 86.9 cm³/mol. The van der Waals surface area contributed by atoms with E-state index in [2.05, 4.69) is 21.1 Å². The molecular formula is C18H23N3O2. The lowest BCUT2D eigenvalue weighted by atomic mass is 9.93. The van der Waals surface area contributed by atoms with Crippen molar-refractivity contribution in [3.8, 4) is 0 Å². The first kappa shape index (κ1) is 14.7. The Labute approximate surface area is 136 Å². The van der Waals surface area contributed by atoms with Gasteiger partial charge in [-0.3, -0.25) is 4.90 Å². The van der Waals surface area contributed by atoms with Crippen LogP contribution in [0.3, 0.4) is 0 Å². The lowest BCUT2D eigenvalue weighted by molar-refractivity contribution is 0.198. The minimum absolute atomic E-state index is 0.555. The number of furan rings is 1. The highest BCUT2D eigenvalue weighted by Crippen LogP contribution is 2.39. The third kappa shape index (κ3) is 3.91. The van der Waals surface area contributed by atoms with Gasteiger partial charge in [-0.25, -0.2) is 0 Å². The highest BCUT2D eigenvalue weighted by molar-refractivity contribution is 5.42. The standard InChI is InChI=1S/C18H23N3O2/c1(3-16-4-2-12-22-16)9-21-10-7-14(8-11-21)13-17-19-18(23-20-17)15-5-6-15/h1-4,12,14-15H,5-11,13H2/b3-1+. The molecule has 3 heterocycles. The van der Waals surface area contributed by atoms with Crippen molar-refractivity contribution in [2.45, 2.75) is 38.0 Å². The molecule has 1 aliphatic heterocycles. The summed E-state index contributed by atoms with van der Waals surface area (Å²) in [6.45, 7) is 3.27. The number of nitrogens with zero attached hydrogens (tertiary/aromatic N) is 3. The minimum Gasteiger partial charge on any atom is -0.465 e. The second-order valence-corrected chi connectivity index (χ2v) is 6.69. The van der Waals surface area contributed by atoms with Crippen molar-refractivity contribution in [2.24, 2.45) is 5.92 Å². The molecule has 1 aliphatic carbocycles. The van der Waals surface area contributed by atoms with Crippen LogP contribution in [0.25, 0.3) is 6.08 Å². The third-order valence-corrected chi connectivity index (χ3v) is 4.78. The van der Waals surface area contributed by atoms with Gasteiger partial charge in [0.1, 0.15) is 5.76 Å². The Kier molecular flexibility index (Phi) is 4.28. The number of piperidine rings is 1. The van der Waals surface area contributed by atoms with Gasteiger partial charge in [-0.15, -0.1) is 0 Å². The van der Waals surface area contributed by atoms with Gasteiger partial charge in [-0.2, -0.15) is 4.98 Å². The van der Waals surface area contributed by atoms with Gasteiger partial charge in [-0.05, 0) is 62.9 Å². The van der Waals surface area contributed by atoms with Gasteiger partial charge < -0.3 is 8.94 Å². The number of rotatable bonds is 6. The fourth-order valence-electron chi connectivity index (χ4n) is 3.18. The normalized spacial score (nSPS) is 20.5. The van der Waals surface area contributed by atoms with Crippen LogP contribution in [-0.4, -0.2) is 34.7 Å². The lowest BCUT2D eigenvalue weighted by Crippen LogP contribution is -2.34. The average molecular weight is 313 g/mol. The Hall–Kier alpha value is -1.88. The molecular weight excluding hydrogens is 290 g/mol. The van der Waals surface area contributed by atoms with Crippen LogP contribution in [0.2, 0.25) is 0 Å². The maximum atomic E-state index is 5.35. The van der Waals surface area contributed by atoms with E-state index in [4.69, 9.17) is 8.94 Å². The lowest BCUT2D eigenvalue weighted by Gasteiger charge is -2.30. The van der Waals surface area contributed by atoms with Crippen LogP contribution in [0.15, 0.2) is 33.4 Å². The summed E-state index contributed by atoms with van der Waals surface area (Å²) in [7, 11) is 0. The summed E-state index contributed by atoms with van der Waals surface area (Å²) in [6.07, 6.45) is 11.7. The molecule has 0 spiro atoms. The number of hydrogen-bond donors (Lipinski definition) is 0. The summed E-state index contributed by atoms with van der Waals surface area (Å²) < 4.78 is 10.7. The van der Waals surface area contributed by atoms with Crippen molar-refractivity contribution in [3.63, 3.8) is 0 Å². The molecule has 4 rings (SSSR count). The second kappa shape index (κ2) is 6.71. The van der Waals surface area contributed by atoms with Crippen molar-refractivity contribution >= 4 is 6.08 Å². The van der Waals surface area contributed by atoms with E-state index in [9.17, 15) is 0 Å². The quantitative estimate of drug-likeness (QED) is 0.817. The summed E-state index contributed by atoms with van der Waals surface area (Å²) in [5.41, 5.74) is 0. The van der Waals surface area contributed by atoms with Crippen LogP contribution in [0.4, 0.5) is 0 Å². The van der Waals surface area contributed by atoms with Crippen molar-refractivity contribution in [1.82, 2.24) is 15.0 Å². The molecule has 5 heteroatoms. The minimum atomic E-state index is 0.555. The molecule has 2 aromatic heterocycles. The van der Waals surface area contributed by atoms with E-state index in [1.807, 2.05) is 18.2 Å². The molecule has 122 valence electrons. The first-order chi connectivity index (χ1) is 11.4. The SMILES string of the molecule is C(=C\c1ccco1)/CN1CCC(Cc2noc(C3CC3)n2)CC1. The van der Waals surface area contributed by atoms with Gasteiger partial charge in [-0.1, -0.05) is 11.2 Å². The Balaban J connectivity index is 1.21. The molecule has 2 aliphatic rings. The van der Waals surface area contributed by atoms with Crippen LogP contribution >= 0.6 is 0 Å². The van der Waals surface area contributed by atoms with E-state index < -0.39 is 0 Å². The Morgan fingerprint density at radius 3 is 2.83 bits per heavy atom. The molecule has 23 heavy (non-hydrogen) atoms. The van der Waals surface area contributed by atoms with E-state index in [0.717, 1.165) is 43.5 Å². The van der Waals surface area contributed by atoms with E-state index >= 15 is 0 Å². The van der Waals surface area contributed by atoms with Gasteiger partial charge in [0, 0.05) is 18.9 Å². The Morgan fingerprint density at radius 1 is 1.22 bits per heavy atom. The Morgan fingerprint density at radius 2 is 2.09 bits per heavy atom. The van der Waals surface area contributed by atoms with E-state index in [0.29, 0.717) is 11.8 Å². The molecule has 2 fully saturated rings. The van der Waals surface area contributed by atoms with Gasteiger partial charge in [0.25, 0.3) is 0 Å². The van der Waals surface area contributed by atoms with E-state index in [1.165, 1.54) is 25.7 Å². The van der Waals surface area contributed by atoms with Crippen LogP contribution < -0.4 is 0 Å².